The van der Waals surface area contributed by atoms with Crippen molar-refractivity contribution in [1.82, 2.24) is 9.88 Å². The second-order valence-corrected chi connectivity index (χ2v) is 6.92. The molecule has 2 atom stereocenters. The number of rotatable bonds is 3. The molecule has 1 aromatic heterocycles. The molecule has 0 spiro atoms. The van der Waals surface area contributed by atoms with Gasteiger partial charge in [-0.25, -0.2) is 4.98 Å². The fourth-order valence-electron chi connectivity index (χ4n) is 2.89. The molecule has 0 saturated carbocycles. The summed E-state index contributed by atoms with van der Waals surface area (Å²) in [6.45, 7) is 2.78. The Balaban J connectivity index is 1.76. The minimum Gasteiger partial charge on any atom is -0.497 e. The van der Waals surface area contributed by atoms with Crippen LogP contribution >= 0.6 is 11.3 Å². The summed E-state index contributed by atoms with van der Waals surface area (Å²) in [5.74, 6) is 0.863. The molecule has 2 heterocycles. The fourth-order valence-corrected chi connectivity index (χ4v) is 3.77. The standard InChI is InChI=1S/C17H21N3O2S/c1-11-9-13(18)7-8-20(11)17(21)15-10-19-16(23-15)12-3-5-14(22-2)6-4-12/h3-6,10-11,13H,7-9,18H2,1-2H3/t11-,13+/m1/s1. The predicted octanol–water partition coefficient (Wildman–Crippen LogP) is 2.77. The van der Waals surface area contributed by atoms with Gasteiger partial charge in [0.15, 0.2) is 0 Å². The van der Waals surface area contributed by atoms with Crippen LogP contribution in [0.5, 0.6) is 5.75 Å². The molecular formula is C17H21N3O2S. The summed E-state index contributed by atoms with van der Waals surface area (Å²) in [7, 11) is 1.64. The van der Waals surface area contributed by atoms with E-state index in [1.54, 1.807) is 13.3 Å². The Kier molecular flexibility index (Phi) is 4.63. The van der Waals surface area contributed by atoms with Crippen LogP contribution in [0.1, 0.15) is 29.4 Å². The topological polar surface area (TPSA) is 68.5 Å². The molecule has 1 saturated heterocycles. The average Bonchev–Trinajstić information content (AvgIpc) is 3.04. The number of thiazole rings is 1. The lowest BCUT2D eigenvalue weighted by molar-refractivity contribution is 0.0624. The van der Waals surface area contributed by atoms with Crippen molar-refractivity contribution < 1.29 is 9.53 Å². The predicted molar refractivity (Wildman–Crippen MR) is 91.8 cm³/mol. The molecule has 3 rings (SSSR count). The molecule has 1 aromatic carbocycles. The highest BCUT2D eigenvalue weighted by Gasteiger charge is 2.28. The summed E-state index contributed by atoms with van der Waals surface area (Å²) in [5.41, 5.74) is 6.96. The highest BCUT2D eigenvalue weighted by molar-refractivity contribution is 7.16. The van der Waals surface area contributed by atoms with Crippen LogP contribution in [0.4, 0.5) is 0 Å². The lowest BCUT2D eigenvalue weighted by Gasteiger charge is -2.36. The molecule has 0 unspecified atom stereocenters. The van der Waals surface area contributed by atoms with Crippen LogP contribution in [0, 0.1) is 0 Å². The minimum absolute atomic E-state index is 0.0571. The quantitative estimate of drug-likeness (QED) is 0.939. The largest absolute Gasteiger partial charge is 0.497 e. The monoisotopic (exact) mass is 331 g/mol. The smallest absolute Gasteiger partial charge is 0.265 e. The number of likely N-dealkylation sites (tertiary alicyclic amines) is 1. The highest BCUT2D eigenvalue weighted by Crippen LogP contribution is 2.28. The maximum atomic E-state index is 12.7. The van der Waals surface area contributed by atoms with Gasteiger partial charge in [0.1, 0.15) is 15.6 Å². The number of carbonyl (C=O) groups is 1. The second kappa shape index (κ2) is 6.68. The first-order chi connectivity index (χ1) is 11.1. The molecule has 2 aromatic rings. The first-order valence-electron chi connectivity index (χ1n) is 7.75. The number of carbonyl (C=O) groups excluding carboxylic acids is 1. The Bertz CT molecular complexity index is 683. The molecule has 0 radical (unpaired) electrons. The summed E-state index contributed by atoms with van der Waals surface area (Å²) in [6.07, 6.45) is 3.39. The normalized spacial score (nSPS) is 21.3. The van der Waals surface area contributed by atoms with Crippen molar-refractivity contribution in [2.45, 2.75) is 31.8 Å². The van der Waals surface area contributed by atoms with E-state index in [1.165, 1.54) is 11.3 Å². The first kappa shape index (κ1) is 16.0. The maximum absolute atomic E-state index is 12.7. The Morgan fingerprint density at radius 2 is 2.13 bits per heavy atom. The molecule has 6 heteroatoms. The van der Waals surface area contributed by atoms with Gasteiger partial charge in [0.05, 0.1) is 13.3 Å². The van der Waals surface area contributed by atoms with Gasteiger partial charge in [-0.05, 0) is 44.0 Å². The second-order valence-electron chi connectivity index (χ2n) is 5.89. The summed E-state index contributed by atoms with van der Waals surface area (Å²) < 4.78 is 5.16. The van der Waals surface area contributed by atoms with Gasteiger partial charge in [0.2, 0.25) is 0 Å². The van der Waals surface area contributed by atoms with Crippen molar-refractivity contribution in [3.8, 4) is 16.3 Å². The third kappa shape index (κ3) is 3.38. The molecule has 23 heavy (non-hydrogen) atoms. The van der Waals surface area contributed by atoms with E-state index in [0.717, 1.165) is 35.7 Å². The van der Waals surface area contributed by atoms with Crippen molar-refractivity contribution in [2.75, 3.05) is 13.7 Å². The number of methoxy groups -OCH3 is 1. The molecule has 1 aliphatic rings. The van der Waals surface area contributed by atoms with Crippen molar-refractivity contribution in [3.05, 3.63) is 35.3 Å². The molecule has 122 valence electrons. The number of ether oxygens (including phenoxy) is 1. The van der Waals surface area contributed by atoms with Gasteiger partial charge < -0.3 is 15.4 Å². The Labute approximate surface area is 140 Å². The number of nitrogens with two attached hydrogens (primary N) is 1. The Hall–Kier alpha value is -1.92. The van der Waals surface area contributed by atoms with Crippen molar-refractivity contribution in [3.63, 3.8) is 0 Å². The summed E-state index contributed by atoms with van der Waals surface area (Å²) in [5, 5.41) is 0.845. The van der Waals surface area contributed by atoms with Gasteiger partial charge >= 0.3 is 0 Å². The summed E-state index contributed by atoms with van der Waals surface area (Å²) in [4.78, 5) is 19.7. The number of nitrogens with zero attached hydrogens (tertiary/aromatic N) is 2. The van der Waals surface area contributed by atoms with Gasteiger partial charge in [-0.2, -0.15) is 0 Å². The van der Waals surface area contributed by atoms with Crippen molar-refractivity contribution in [1.29, 1.82) is 0 Å². The molecule has 2 N–H and O–H groups in total. The van der Waals surface area contributed by atoms with Gasteiger partial charge in [-0.1, -0.05) is 0 Å². The average molecular weight is 331 g/mol. The Morgan fingerprint density at radius 3 is 2.78 bits per heavy atom. The maximum Gasteiger partial charge on any atom is 0.265 e. The van der Waals surface area contributed by atoms with Crippen molar-refractivity contribution in [2.24, 2.45) is 5.73 Å². The molecule has 0 aliphatic carbocycles. The van der Waals surface area contributed by atoms with E-state index in [0.29, 0.717) is 4.88 Å². The Morgan fingerprint density at radius 1 is 1.39 bits per heavy atom. The fraction of sp³-hybridized carbons (Fsp3) is 0.412. The molecule has 1 fully saturated rings. The van der Waals surface area contributed by atoms with E-state index < -0.39 is 0 Å². The van der Waals surface area contributed by atoms with Gasteiger partial charge in [0, 0.05) is 24.2 Å². The van der Waals surface area contributed by atoms with Gasteiger partial charge in [-0.15, -0.1) is 11.3 Å². The highest BCUT2D eigenvalue weighted by atomic mass is 32.1. The van der Waals surface area contributed by atoms with E-state index in [2.05, 4.69) is 11.9 Å². The van der Waals surface area contributed by atoms with Crippen LogP contribution in [0.2, 0.25) is 0 Å². The lowest BCUT2D eigenvalue weighted by atomic mass is 9.99. The van der Waals surface area contributed by atoms with E-state index in [4.69, 9.17) is 10.5 Å². The number of hydrogen-bond donors (Lipinski definition) is 1. The number of aromatic nitrogens is 1. The third-order valence-electron chi connectivity index (χ3n) is 4.23. The molecule has 1 aliphatic heterocycles. The zero-order valence-corrected chi connectivity index (χ0v) is 14.2. The van der Waals surface area contributed by atoms with Gasteiger partial charge in [0.25, 0.3) is 5.91 Å². The SMILES string of the molecule is COc1ccc(-c2ncc(C(=O)N3CC[C@H](N)C[C@H]3C)s2)cc1. The van der Waals surface area contributed by atoms with Crippen LogP contribution in [-0.2, 0) is 0 Å². The molecule has 5 nitrogen and oxygen atoms in total. The van der Waals surface area contributed by atoms with E-state index in [-0.39, 0.29) is 18.0 Å². The number of amides is 1. The van der Waals surface area contributed by atoms with Crippen molar-refractivity contribution >= 4 is 17.2 Å². The van der Waals surface area contributed by atoms with Crippen LogP contribution < -0.4 is 10.5 Å². The third-order valence-corrected chi connectivity index (χ3v) is 5.27. The number of benzene rings is 1. The van der Waals surface area contributed by atoms with E-state index >= 15 is 0 Å². The van der Waals surface area contributed by atoms with Crippen LogP contribution in [-0.4, -0.2) is 41.5 Å². The van der Waals surface area contributed by atoms with Crippen LogP contribution in [0.15, 0.2) is 30.5 Å². The first-order valence-corrected chi connectivity index (χ1v) is 8.57. The van der Waals surface area contributed by atoms with E-state index in [9.17, 15) is 4.79 Å². The summed E-state index contributed by atoms with van der Waals surface area (Å²) >= 11 is 1.43. The number of hydrogen-bond acceptors (Lipinski definition) is 5. The molecular weight excluding hydrogens is 310 g/mol. The zero-order valence-electron chi connectivity index (χ0n) is 13.4. The molecule has 1 amide bonds. The van der Waals surface area contributed by atoms with Crippen LogP contribution in [0.3, 0.4) is 0 Å². The number of piperidine rings is 1. The van der Waals surface area contributed by atoms with Gasteiger partial charge in [-0.3, -0.25) is 4.79 Å². The summed E-state index contributed by atoms with van der Waals surface area (Å²) in [6, 6.07) is 8.07. The van der Waals surface area contributed by atoms with Crippen LogP contribution in [0.25, 0.3) is 10.6 Å². The lowest BCUT2D eigenvalue weighted by Crippen LogP contribution is -2.48. The zero-order chi connectivity index (χ0) is 16.4. The minimum atomic E-state index is 0.0571. The van der Waals surface area contributed by atoms with E-state index in [1.807, 2.05) is 29.2 Å². The molecule has 0 bridgehead atoms.